The number of hydrogen-bond donors (Lipinski definition) is 2. The summed E-state index contributed by atoms with van der Waals surface area (Å²) in [7, 11) is 0. The Bertz CT molecular complexity index is 712. The molecule has 0 aliphatic heterocycles. The second kappa shape index (κ2) is 8.15. The minimum atomic E-state index is -4.53. The fourth-order valence-corrected chi connectivity index (χ4v) is 2.47. The highest BCUT2D eigenvalue weighted by Crippen LogP contribution is 2.30. The second-order valence-corrected chi connectivity index (χ2v) is 5.72. The van der Waals surface area contributed by atoms with Crippen LogP contribution in [0.25, 0.3) is 5.69 Å². The zero-order chi connectivity index (χ0) is 18.4. The average Bonchev–Trinajstić information content (AvgIpc) is 3.08. The van der Waals surface area contributed by atoms with Gasteiger partial charge in [-0.25, -0.2) is 4.68 Å². The van der Waals surface area contributed by atoms with Gasteiger partial charge in [0.15, 0.2) is 0 Å². The largest absolute Gasteiger partial charge is 0.433 e. The van der Waals surface area contributed by atoms with Crippen LogP contribution < -0.4 is 11.1 Å². The molecule has 1 amide bonds. The van der Waals surface area contributed by atoms with E-state index < -0.39 is 11.9 Å². The molecule has 0 aliphatic carbocycles. The lowest BCUT2D eigenvalue weighted by Gasteiger charge is -2.17. The van der Waals surface area contributed by atoms with Crippen LogP contribution in [0.15, 0.2) is 36.5 Å². The first-order valence-electron chi connectivity index (χ1n) is 8.09. The van der Waals surface area contributed by atoms with Gasteiger partial charge in [-0.15, -0.1) is 0 Å². The summed E-state index contributed by atoms with van der Waals surface area (Å²) >= 11 is 0. The van der Waals surface area contributed by atoms with Crippen molar-refractivity contribution in [2.75, 3.05) is 6.54 Å². The standard InChI is InChI=1S/C17H21F3N4O/c1-2-3-6-13(11-21)23-16(25)12-5-4-7-14(10-12)24-15(8-9-22-24)17(18,19)20/h4-5,7-10,13H,2-3,6,11,21H2,1H3,(H,23,25). The third kappa shape index (κ3) is 4.82. The molecule has 136 valence electrons. The summed E-state index contributed by atoms with van der Waals surface area (Å²) < 4.78 is 39.8. The topological polar surface area (TPSA) is 72.9 Å². The molecule has 0 radical (unpaired) electrons. The molecule has 1 heterocycles. The number of alkyl halides is 3. The summed E-state index contributed by atoms with van der Waals surface area (Å²) in [5, 5.41) is 6.54. The summed E-state index contributed by atoms with van der Waals surface area (Å²) in [5.41, 5.74) is 5.19. The minimum Gasteiger partial charge on any atom is -0.348 e. The number of carbonyl (C=O) groups excluding carboxylic acids is 1. The van der Waals surface area contributed by atoms with Crippen molar-refractivity contribution >= 4 is 5.91 Å². The molecule has 1 aromatic carbocycles. The van der Waals surface area contributed by atoms with Crippen LogP contribution in [0.5, 0.6) is 0 Å². The van der Waals surface area contributed by atoms with Gasteiger partial charge in [-0.3, -0.25) is 4.79 Å². The van der Waals surface area contributed by atoms with Gasteiger partial charge in [0.1, 0.15) is 5.69 Å². The highest BCUT2D eigenvalue weighted by Gasteiger charge is 2.35. The molecular formula is C17H21F3N4O. The van der Waals surface area contributed by atoms with Crippen LogP contribution in [-0.4, -0.2) is 28.3 Å². The summed E-state index contributed by atoms with van der Waals surface area (Å²) in [4.78, 5) is 12.4. The van der Waals surface area contributed by atoms with Crippen molar-refractivity contribution in [2.45, 2.75) is 38.4 Å². The Morgan fingerprint density at radius 1 is 1.36 bits per heavy atom. The summed E-state index contributed by atoms with van der Waals surface area (Å²) in [5.74, 6) is -0.367. The van der Waals surface area contributed by atoms with Crippen molar-refractivity contribution in [1.82, 2.24) is 15.1 Å². The van der Waals surface area contributed by atoms with Gasteiger partial charge < -0.3 is 11.1 Å². The SMILES string of the molecule is CCCCC(CN)NC(=O)c1cccc(-n2nccc2C(F)(F)F)c1. The van der Waals surface area contributed by atoms with Gasteiger partial charge in [0.25, 0.3) is 5.91 Å². The van der Waals surface area contributed by atoms with Crippen LogP contribution in [0.1, 0.15) is 42.2 Å². The van der Waals surface area contributed by atoms with E-state index in [9.17, 15) is 18.0 Å². The van der Waals surface area contributed by atoms with Crippen LogP contribution in [0.2, 0.25) is 0 Å². The lowest BCUT2D eigenvalue weighted by atomic mass is 10.1. The number of halogens is 3. The Morgan fingerprint density at radius 2 is 2.12 bits per heavy atom. The van der Waals surface area contributed by atoms with Crippen molar-refractivity contribution in [3.8, 4) is 5.69 Å². The van der Waals surface area contributed by atoms with Crippen molar-refractivity contribution in [2.24, 2.45) is 5.73 Å². The van der Waals surface area contributed by atoms with E-state index in [1.165, 1.54) is 18.2 Å². The lowest BCUT2D eigenvalue weighted by molar-refractivity contribution is -0.142. The Labute approximate surface area is 144 Å². The Balaban J connectivity index is 2.22. The van der Waals surface area contributed by atoms with Gasteiger partial charge in [-0.2, -0.15) is 18.3 Å². The van der Waals surface area contributed by atoms with E-state index in [0.29, 0.717) is 6.54 Å². The van der Waals surface area contributed by atoms with Crippen molar-refractivity contribution in [1.29, 1.82) is 0 Å². The van der Waals surface area contributed by atoms with Gasteiger partial charge >= 0.3 is 6.18 Å². The molecule has 2 aromatic rings. The first kappa shape index (κ1) is 19.0. The Hall–Kier alpha value is -2.35. The van der Waals surface area contributed by atoms with Crippen LogP contribution in [-0.2, 0) is 6.18 Å². The minimum absolute atomic E-state index is 0.161. The predicted octanol–water partition coefficient (Wildman–Crippen LogP) is 3.14. The normalized spacial score (nSPS) is 12.8. The van der Waals surface area contributed by atoms with Gasteiger partial charge in [0.05, 0.1) is 11.9 Å². The van der Waals surface area contributed by atoms with Crippen LogP contribution >= 0.6 is 0 Å². The molecule has 0 saturated heterocycles. The molecular weight excluding hydrogens is 333 g/mol. The highest BCUT2D eigenvalue weighted by atomic mass is 19.4. The van der Waals surface area contributed by atoms with Crippen LogP contribution in [0.4, 0.5) is 13.2 Å². The molecule has 5 nitrogen and oxygen atoms in total. The number of nitrogens with one attached hydrogen (secondary N) is 1. The number of rotatable bonds is 7. The van der Waals surface area contributed by atoms with Gasteiger partial charge in [0.2, 0.25) is 0 Å². The molecule has 3 N–H and O–H groups in total. The summed E-state index contributed by atoms with van der Waals surface area (Å²) in [6.45, 7) is 2.35. The molecule has 0 aliphatic rings. The molecule has 1 unspecified atom stereocenters. The van der Waals surface area contributed by atoms with Gasteiger partial charge in [0, 0.05) is 18.2 Å². The number of carbonyl (C=O) groups is 1. The van der Waals surface area contributed by atoms with Gasteiger partial charge in [-0.05, 0) is 30.7 Å². The smallest absolute Gasteiger partial charge is 0.348 e. The third-order valence-corrected chi connectivity index (χ3v) is 3.81. The van der Waals surface area contributed by atoms with Crippen LogP contribution in [0.3, 0.4) is 0 Å². The number of nitrogens with two attached hydrogens (primary N) is 1. The van der Waals surface area contributed by atoms with E-state index in [0.717, 1.165) is 36.2 Å². The number of hydrogen-bond acceptors (Lipinski definition) is 3. The zero-order valence-corrected chi connectivity index (χ0v) is 13.9. The fourth-order valence-electron chi connectivity index (χ4n) is 2.47. The number of nitrogens with zero attached hydrogens (tertiary/aromatic N) is 2. The van der Waals surface area contributed by atoms with Crippen molar-refractivity contribution < 1.29 is 18.0 Å². The number of unbranched alkanes of at least 4 members (excludes halogenated alkanes) is 1. The van der Waals surface area contributed by atoms with E-state index in [4.69, 9.17) is 5.73 Å². The van der Waals surface area contributed by atoms with Crippen LogP contribution in [0, 0.1) is 0 Å². The van der Waals surface area contributed by atoms with E-state index in [1.807, 2.05) is 6.92 Å². The van der Waals surface area contributed by atoms with Gasteiger partial charge in [-0.1, -0.05) is 25.8 Å². The lowest BCUT2D eigenvalue weighted by Crippen LogP contribution is -2.40. The van der Waals surface area contributed by atoms with Crippen molar-refractivity contribution in [3.05, 3.63) is 47.8 Å². The molecule has 25 heavy (non-hydrogen) atoms. The maximum absolute atomic E-state index is 13.0. The molecule has 0 spiro atoms. The molecule has 0 fully saturated rings. The molecule has 0 saturated carbocycles. The number of aromatic nitrogens is 2. The quantitative estimate of drug-likeness (QED) is 0.802. The van der Waals surface area contributed by atoms with E-state index >= 15 is 0 Å². The summed E-state index contributed by atoms with van der Waals surface area (Å²) in [6.07, 6.45) is -0.772. The average molecular weight is 354 g/mol. The molecule has 1 aromatic heterocycles. The zero-order valence-electron chi connectivity index (χ0n) is 13.9. The van der Waals surface area contributed by atoms with Crippen molar-refractivity contribution in [3.63, 3.8) is 0 Å². The number of amides is 1. The Morgan fingerprint density at radius 3 is 2.76 bits per heavy atom. The predicted molar refractivity (Wildman–Crippen MR) is 88.4 cm³/mol. The first-order valence-corrected chi connectivity index (χ1v) is 8.09. The van der Waals surface area contributed by atoms with E-state index in [1.54, 1.807) is 6.07 Å². The Kier molecular flexibility index (Phi) is 6.19. The maximum Gasteiger partial charge on any atom is 0.433 e. The maximum atomic E-state index is 13.0. The molecule has 0 bridgehead atoms. The molecule has 8 heteroatoms. The monoisotopic (exact) mass is 354 g/mol. The fraction of sp³-hybridized carbons (Fsp3) is 0.412. The highest BCUT2D eigenvalue weighted by molar-refractivity contribution is 5.94. The number of benzene rings is 1. The van der Waals surface area contributed by atoms with E-state index in [-0.39, 0.29) is 23.2 Å². The second-order valence-electron chi connectivity index (χ2n) is 5.72. The first-order chi connectivity index (χ1) is 11.9. The molecule has 1 atom stereocenters. The van der Waals surface area contributed by atoms with E-state index in [2.05, 4.69) is 10.4 Å². The third-order valence-electron chi connectivity index (χ3n) is 3.81. The molecule has 2 rings (SSSR count). The summed E-state index contributed by atoms with van der Waals surface area (Å²) in [6, 6.07) is 6.65.